The highest BCUT2D eigenvalue weighted by Crippen LogP contribution is 2.41. The molecule has 0 aliphatic carbocycles. The fourth-order valence-electron chi connectivity index (χ4n) is 5.32. The van der Waals surface area contributed by atoms with Crippen molar-refractivity contribution in [1.29, 1.82) is 0 Å². The van der Waals surface area contributed by atoms with E-state index in [1.807, 2.05) is 0 Å². The van der Waals surface area contributed by atoms with E-state index in [1.165, 1.54) is 64.2 Å². The first-order chi connectivity index (χ1) is 18.3. The van der Waals surface area contributed by atoms with Crippen LogP contribution in [0.1, 0.15) is 158 Å². The van der Waals surface area contributed by atoms with Gasteiger partial charge in [-0.1, -0.05) is 79.1 Å². The van der Waals surface area contributed by atoms with Crippen LogP contribution in [0.4, 0.5) is 0 Å². The number of carbonyl (C=O) groups is 1. The lowest BCUT2D eigenvalue weighted by atomic mass is 9.97. The molecule has 0 radical (unpaired) electrons. The number of hydrogen-bond acceptors (Lipinski definition) is 5. The molecule has 0 aromatic rings. The molecule has 0 saturated carbocycles. The third-order valence-electron chi connectivity index (χ3n) is 8.43. The SMILES string of the molecule is CCO[SiH](OCC)C(C)(CC)CCCCCCCC(=O)CCCCCCCC(C)(CC)[SiH](OCC)OCC. The Morgan fingerprint density at radius 2 is 0.789 bits per heavy atom. The average Bonchev–Trinajstić information content (AvgIpc) is 2.91. The van der Waals surface area contributed by atoms with Crippen LogP contribution in [0.15, 0.2) is 0 Å². The van der Waals surface area contributed by atoms with E-state index in [9.17, 15) is 4.79 Å². The number of hydrogen-bond donors (Lipinski definition) is 0. The summed E-state index contributed by atoms with van der Waals surface area (Å²) in [4.78, 5) is 12.3. The molecule has 2 unspecified atom stereocenters. The number of unbranched alkanes of at least 4 members (excludes halogenated alkanes) is 8. The van der Waals surface area contributed by atoms with E-state index in [4.69, 9.17) is 17.7 Å². The summed E-state index contributed by atoms with van der Waals surface area (Å²) in [5.74, 6) is 0.464. The Kier molecular flexibility index (Phi) is 23.6. The largest absolute Gasteiger partial charge is 0.397 e. The Morgan fingerprint density at radius 3 is 1.08 bits per heavy atom. The van der Waals surface area contributed by atoms with Crippen LogP contribution in [0.25, 0.3) is 0 Å². The van der Waals surface area contributed by atoms with E-state index in [1.54, 1.807) is 0 Å². The van der Waals surface area contributed by atoms with Crippen molar-refractivity contribution in [2.45, 2.75) is 168 Å². The smallest absolute Gasteiger partial charge is 0.327 e. The van der Waals surface area contributed by atoms with Crippen LogP contribution in [-0.4, -0.2) is 50.8 Å². The third kappa shape index (κ3) is 16.3. The van der Waals surface area contributed by atoms with Crippen molar-refractivity contribution in [3.05, 3.63) is 0 Å². The highest BCUT2D eigenvalue weighted by molar-refractivity contribution is 6.48. The molecule has 0 aliphatic rings. The highest BCUT2D eigenvalue weighted by atomic mass is 28.3. The van der Waals surface area contributed by atoms with Gasteiger partial charge in [0.1, 0.15) is 5.78 Å². The Bertz CT molecular complexity index is 506. The second-order valence-corrected chi connectivity index (χ2v) is 17.0. The van der Waals surface area contributed by atoms with Crippen molar-refractivity contribution in [2.75, 3.05) is 26.4 Å². The maximum atomic E-state index is 12.3. The van der Waals surface area contributed by atoms with Gasteiger partial charge in [0.05, 0.1) is 0 Å². The first-order valence-corrected chi connectivity index (χ1v) is 19.3. The maximum absolute atomic E-state index is 12.3. The van der Waals surface area contributed by atoms with E-state index in [0.29, 0.717) is 5.78 Å². The first kappa shape index (κ1) is 37.9. The quantitative estimate of drug-likeness (QED) is 0.0689. The van der Waals surface area contributed by atoms with Gasteiger partial charge in [0.2, 0.25) is 0 Å². The summed E-state index contributed by atoms with van der Waals surface area (Å²) < 4.78 is 24.1. The molecule has 0 aromatic heterocycles. The van der Waals surface area contributed by atoms with Crippen LogP contribution in [0.3, 0.4) is 0 Å². The first-order valence-electron chi connectivity index (χ1n) is 16.2. The monoisotopic (exact) mass is 574 g/mol. The molecule has 2 atom stereocenters. The van der Waals surface area contributed by atoms with Crippen LogP contribution in [0.5, 0.6) is 0 Å². The summed E-state index contributed by atoms with van der Waals surface area (Å²) in [5.41, 5.74) is 0. The Labute approximate surface area is 241 Å². The molecule has 0 aromatic carbocycles. The Balaban J connectivity index is 3.93. The molecule has 0 aliphatic heterocycles. The Hall–Kier alpha value is -0.0562. The van der Waals surface area contributed by atoms with Gasteiger partial charge in [-0.2, -0.15) is 0 Å². The van der Waals surface area contributed by atoms with Crippen molar-refractivity contribution in [2.24, 2.45) is 0 Å². The predicted molar refractivity (Wildman–Crippen MR) is 168 cm³/mol. The summed E-state index contributed by atoms with van der Waals surface area (Å²) >= 11 is 0. The predicted octanol–water partition coefficient (Wildman–Crippen LogP) is 8.94. The second kappa shape index (κ2) is 23.6. The fraction of sp³-hybridized carbons (Fsp3) is 0.968. The standard InChI is InChI=1S/C31H66O5Si2/c1-9-30(7,37(33-11-3)34-12-4)27-23-19-15-17-21-25-29(32)26-22-18-16-20-24-28-31(8,10-2)38(35-13-5)36-14-6/h37-38H,9-28H2,1-8H3. The van der Waals surface area contributed by atoms with Crippen LogP contribution in [-0.2, 0) is 22.5 Å². The summed E-state index contributed by atoms with van der Waals surface area (Å²) in [6, 6.07) is 0. The van der Waals surface area contributed by atoms with Crippen LogP contribution in [0, 0.1) is 0 Å². The molecule has 0 spiro atoms. The maximum Gasteiger partial charge on any atom is 0.327 e. The van der Waals surface area contributed by atoms with Crippen LogP contribution >= 0.6 is 0 Å². The zero-order chi connectivity index (χ0) is 28.7. The van der Waals surface area contributed by atoms with Gasteiger partial charge in [-0.15, -0.1) is 0 Å². The molecular formula is C31H66O5Si2. The minimum Gasteiger partial charge on any atom is -0.397 e. The van der Waals surface area contributed by atoms with Crippen molar-refractivity contribution in [3.63, 3.8) is 0 Å². The van der Waals surface area contributed by atoms with Gasteiger partial charge in [-0.05, 0) is 66.2 Å². The summed E-state index contributed by atoms with van der Waals surface area (Å²) in [7, 11) is -3.27. The van der Waals surface area contributed by atoms with Gasteiger partial charge in [-0.3, -0.25) is 4.79 Å². The van der Waals surface area contributed by atoms with Gasteiger partial charge in [0.25, 0.3) is 0 Å². The molecule has 0 N–H and O–H groups in total. The fourth-order valence-corrected chi connectivity index (χ4v) is 9.88. The van der Waals surface area contributed by atoms with Gasteiger partial charge in [0, 0.05) is 49.3 Å². The van der Waals surface area contributed by atoms with E-state index in [0.717, 1.165) is 65.0 Å². The molecule has 0 amide bonds. The Morgan fingerprint density at radius 1 is 0.500 bits per heavy atom. The van der Waals surface area contributed by atoms with E-state index < -0.39 is 18.6 Å². The molecular weight excluding hydrogens is 509 g/mol. The van der Waals surface area contributed by atoms with Crippen LogP contribution in [0.2, 0.25) is 10.1 Å². The zero-order valence-electron chi connectivity index (χ0n) is 26.8. The minimum atomic E-state index is -1.64. The lowest BCUT2D eigenvalue weighted by molar-refractivity contribution is -0.119. The normalized spacial score (nSPS) is 15.2. The summed E-state index contributed by atoms with van der Waals surface area (Å²) in [5, 5.41) is 0.434. The van der Waals surface area contributed by atoms with Crippen molar-refractivity contribution in [1.82, 2.24) is 0 Å². The number of Topliss-reactive ketones (excluding diaryl/α,β-unsaturated/α-hetero) is 1. The number of ketones is 1. The second-order valence-electron chi connectivity index (χ2n) is 11.6. The number of rotatable bonds is 28. The van der Waals surface area contributed by atoms with Crippen molar-refractivity contribution >= 4 is 24.4 Å². The van der Waals surface area contributed by atoms with E-state index in [2.05, 4.69) is 55.4 Å². The molecule has 0 bridgehead atoms. The topological polar surface area (TPSA) is 54.0 Å². The minimum absolute atomic E-state index is 0.217. The molecule has 0 heterocycles. The summed E-state index contributed by atoms with van der Waals surface area (Å²) in [6.07, 6.45) is 18.1. The molecule has 38 heavy (non-hydrogen) atoms. The van der Waals surface area contributed by atoms with Crippen molar-refractivity contribution in [3.8, 4) is 0 Å². The number of carbonyl (C=O) groups excluding carboxylic acids is 1. The third-order valence-corrected chi connectivity index (χ3v) is 14.6. The molecule has 0 saturated heterocycles. The van der Waals surface area contributed by atoms with Gasteiger partial charge in [-0.25, -0.2) is 0 Å². The van der Waals surface area contributed by atoms with E-state index in [-0.39, 0.29) is 10.1 Å². The molecule has 5 nitrogen and oxygen atoms in total. The van der Waals surface area contributed by atoms with E-state index >= 15 is 0 Å². The van der Waals surface area contributed by atoms with Gasteiger partial charge >= 0.3 is 18.6 Å². The van der Waals surface area contributed by atoms with Crippen molar-refractivity contribution < 1.29 is 22.5 Å². The molecule has 0 rings (SSSR count). The lowest BCUT2D eigenvalue weighted by Crippen LogP contribution is -2.36. The van der Waals surface area contributed by atoms with Crippen LogP contribution < -0.4 is 0 Å². The summed E-state index contributed by atoms with van der Waals surface area (Å²) in [6.45, 7) is 20.6. The lowest BCUT2D eigenvalue weighted by Gasteiger charge is -2.34. The average molecular weight is 575 g/mol. The zero-order valence-corrected chi connectivity index (χ0v) is 29.1. The van der Waals surface area contributed by atoms with Gasteiger partial charge in [0.15, 0.2) is 0 Å². The molecule has 7 heteroatoms. The molecule has 228 valence electrons. The molecule has 0 fully saturated rings. The highest BCUT2D eigenvalue weighted by Gasteiger charge is 2.37. The van der Waals surface area contributed by atoms with Gasteiger partial charge < -0.3 is 17.7 Å².